The number of rotatable bonds is 4. The van der Waals surface area contributed by atoms with Crippen molar-refractivity contribution < 1.29 is 14.7 Å². The second-order valence-corrected chi connectivity index (χ2v) is 6.83. The molecule has 0 spiro atoms. The zero-order valence-corrected chi connectivity index (χ0v) is 13.8. The molecule has 1 aliphatic heterocycles. The summed E-state index contributed by atoms with van der Waals surface area (Å²) in [5.41, 5.74) is 1.74. The number of amides is 1. The largest absolute Gasteiger partial charge is 0.481 e. The van der Waals surface area contributed by atoms with Crippen molar-refractivity contribution in [1.82, 2.24) is 14.7 Å². The molecule has 2 aromatic rings. The Labute approximate surface area is 138 Å². The average Bonchev–Trinajstić information content (AvgIpc) is 2.84. The summed E-state index contributed by atoms with van der Waals surface area (Å²) in [6.45, 7) is 0.603. The van der Waals surface area contributed by atoms with Gasteiger partial charge >= 0.3 is 5.97 Å². The molecule has 0 saturated carbocycles. The van der Waals surface area contributed by atoms with E-state index < -0.39 is 5.97 Å². The summed E-state index contributed by atoms with van der Waals surface area (Å²) in [5.74, 6) is 0.630. The lowest BCUT2D eigenvalue weighted by Gasteiger charge is -2.34. The number of hydrogen-bond acceptors (Lipinski definition) is 4. The van der Waals surface area contributed by atoms with Crippen LogP contribution in [0.5, 0.6) is 0 Å². The van der Waals surface area contributed by atoms with Gasteiger partial charge in [0.1, 0.15) is 0 Å². The van der Waals surface area contributed by atoms with Crippen LogP contribution in [0.4, 0.5) is 0 Å². The van der Waals surface area contributed by atoms with Crippen LogP contribution in [0.3, 0.4) is 0 Å². The van der Waals surface area contributed by atoms with E-state index in [1.165, 1.54) is 0 Å². The minimum absolute atomic E-state index is 0.00169. The van der Waals surface area contributed by atoms with Crippen molar-refractivity contribution in [1.29, 1.82) is 0 Å². The molecular weight excluding hydrogens is 314 g/mol. The molecule has 1 aliphatic rings. The number of para-hydroxylation sites is 1. The third-order valence-corrected chi connectivity index (χ3v) is 5.20. The maximum absolute atomic E-state index is 12.7. The molecule has 0 bridgehead atoms. The van der Waals surface area contributed by atoms with Gasteiger partial charge in [0, 0.05) is 30.5 Å². The van der Waals surface area contributed by atoms with Gasteiger partial charge in [-0.05, 0) is 6.07 Å². The Kier molecular flexibility index (Phi) is 4.56. The second kappa shape index (κ2) is 6.62. The van der Waals surface area contributed by atoms with Crippen molar-refractivity contribution >= 4 is 34.5 Å². The molecule has 23 heavy (non-hydrogen) atoms. The topological polar surface area (TPSA) is 75.4 Å². The molecule has 1 amide bonds. The summed E-state index contributed by atoms with van der Waals surface area (Å²) in [6.07, 6.45) is 0.212. The summed E-state index contributed by atoms with van der Waals surface area (Å²) in [6, 6.07) is 7.59. The van der Waals surface area contributed by atoms with Crippen LogP contribution in [-0.2, 0) is 23.1 Å². The molecule has 1 N–H and O–H groups in total. The number of aromatic nitrogens is 2. The Bertz CT molecular complexity index is 743. The molecule has 1 atom stereocenters. The predicted octanol–water partition coefficient (Wildman–Crippen LogP) is 1.53. The number of carbonyl (C=O) groups excluding carboxylic acids is 1. The van der Waals surface area contributed by atoms with Gasteiger partial charge in [0.25, 0.3) is 0 Å². The first-order chi connectivity index (χ1) is 11.1. The maximum Gasteiger partial charge on any atom is 0.305 e. The van der Waals surface area contributed by atoms with Crippen molar-refractivity contribution in [3.8, 4) is 0 Å². The van der Waals surface area contributed by atoms with Gasteiger partial charge < -0.3 is 10.0 Å². The van der Waals surface area contributed by atoms with Crippen LogP contribution in [0.2, 0.25) is 0 Å². The highest BCUT2D eigenvalue weighted by atomic mass is 32.2. The summed E-state index contributed by atoms with van der Waals surface area (Å²) < 4.78 is 1.78. The third kappa shape index (κ3) is 3.34. The van der Waals surface area contributed by atoms with Gasteiger partial charge in [-0.25, -0.2) is 0 Å². The van der Waals surface area contributed by atoms with Gasteiger partial charge in [-0.1, -0.05) is 18.2 Å². The Morgan fingerprint density at radius 1 is 1.39 bits per heavy atom. The number of benzene rings is 1. The number of hydrogen-bond donors (Lipinski definition) is 1. The van der Waals surface area contributed by atoms with Crippen LogP contribution in [-0.4, -0.2) is 55.8 Å². The van der Waals surface area contributed by atoms with Gasteiger partial charge in [0.15, 0.2) is 0 Å². The molecule has 0 radical (unpaired) electrons. The van der Waals surface area contributed by atoms with E-state index in [1.807, 2.05) is 31.3 Å². The summed E-state index contributed by atoms with van der Waals surface area (Å²) in [5, 5.41) is 14.5. The lowest BCUT2D eigenvalue weighted by molar-refractivity contribution is -0.140. The molecule has 7 heteroatoms. The van der Waals surface area contributed by atoms with Crippen LogP contribution < -0.4 is 0 Å². The molecule has 122 valence electrons. The van der Waals surface area contributed by atoms with Crippen LogP contribution in [0, 0.1) is 0 Å². The number of carbonyl (C=O) groups is 2. The van der Waals surface area contributed by atoms with Crippen molar-refractivity contribution in [2.75, 3.05) is 18.1 Å². The van der Waals surface area contributed by atoms with Crippen LogP contribution in [0.1, 0.15) is 12.1 Å². The first-order valence-electron chi connectivity index (χ1n) is 7.56. The molecule has 6 nitrogen and oxygen atoms in total. The van der Waals surface area contributed by atoms with E-state index in [9.17, 15) is 9.59 Å². The van der Waals surface area contributed by atoms with E-state index in [1.54, 1.807) is 21.3 Å². The van der Waals surface area contributed by atoms with E-state index >= 15 is 0 Å². The van der Waals surface area contributed by atoms with E-state index in [-0.39, 0.29) is 24.8 Å². The lowest BCUT2D eigenvalue weighted by Crippen LogP contribution is -2.47. The summed E-state index contributed by atoms with van der Waals surface area (Å²) in [7, 11) is 1.86. The van der Waals surface area contributed by atoms with Crippen molar-refractivity contribution in [2.45, 2.75) is 18.9 Å². The fraction of sp³-hybridized carbons (Fsp3) is 0.438. The highest BCUT2D eigenvalue weighted by Crippen LogP contribution is 2.22. The van der Waals surface area contributed by atoms with Crippen molar-refractivity contribution in [3.05, 3.63) is 30.0 Å². The molecule has 3 rings (SSSR count). The SMILES string of the molecule is Cn1nc(CC(=O)N2CCSCC2CC(=O)O)c2ccccc21. The number of thioether (sulfide) groups is 1. The van der Waals surface area contributed by atoms with Gasteiger partial charge in [0.05, 0.1) is 30.1 Å². The van der Waals surface area contributed by atoms with E-state index in [0.29, 0.717) is 12.3 Å². The molecule has 1 aromatic heterocycles. The minimum atomic E-state index is -0.862. The lowest BCUT2D eigenvalue weighted by atomic mass is 10.1. The number of carboxylic acid groups (broad SMARTS) is 1. The van der Waals surface area contributed by atoms with Crippen molar-refractivity contribution in [2.24, 2.45) is 7.05 Å². The van der Waals surface area contributed by atoms with Crippen LogP contribution in [0.25, 0.3) is 10.9 Å². The van der Waals surface area contributed by atoms with E-state index in [0.717, 1.165) is 22.3 Å². The number of fused-ring (bicyclic) bond motifs is 1. The number of nitrogens with zero attached hydrogens (tertiary/aromatic N) is 3. The first-order valence-corrected chi connectivity index (χ1v) is 8.71. The Hall–Kier alpha value is -2.02. The Morgan fingerprint density at radius 2 is 2.17 bits per heavy atom. The highest BCUT2D eigenvalue weighted by Gasteiger charge is 2.29. The number of carboxylic acids is 1. The van der Waals surface area contributed by atoms with Crippen molar-refractivity contribution in [3.63, 3.8) is 0 Å². The van der Waals surface area contributed by atoms with Gasteiger partial charge in [-0.2, -0.15) is 16.9 Å². The first kappa shape index (κ1) is 15.9. The van der Waals surface area contributed by atoms with Gasteiger partial charge in [-0.3, -0.25) is 14.3 Å². The Morgan fingerprint density at radius 3 is 2.96 bits per heavy atom. The second-order valence-electron chi connectivity index (χ2n) is 5.68. The number of aliphatic carboxylic acids is 1. The van der Waals surface area contributed by atoms with E-state index in [2.05, 4.69) is 5.10 Å². The van der Waals surface area contributed by atoms with E-state index in [4.69, 9.17) is 5.11 Å². The molecule has 2 heterocycles. The minimum Gasteiger partial charge on any atom is -0.481 e. The Balaban J connectivity index is 1.80. The quantitative estimate of drug-likeness (QED) is 0.918. The summed E-state index contributed by atoms with van der Waals surface area (Å²) in [4.78, 5) is 25.4. The maximum atomic E-state index is 12.7. The molecule has 1 saturated heterocycles. The fourth-order valence-electron chi connectivity index (χ4n) is 3.02. The fourth-order valence-corrected chi connectivity index (χ4v) is 4.08. The molecular formula is C16H19N3O3S. The highest BCUT2D eigenvalue weighted by molar-refractivity contribution is 7.99. The standard InChI is InChI=1S/C16H19N3O3S/c1-18-14-5-3-2-4-12(14)13(17-18)9-15(20)19-6-7-23-10-11(19)8-16(21)22/h2-5,11H,6-10H2,1H3,(H,21,22). The zero-order chi connectivity index (χ0) is 16.4. The van der Waals surface area contributed by atoms with Gasteiger partial charge in [-0.15, -0.1) is 0 Å². The predicted molar refractivity (Wildman–Crippen MR) is 89.5 cm³/mol. The summed E-state index contributed by atoms with van der Waals surface area (Å²) >= 11 is 1.70. The normalized spacial score (nSPS) is 18.3. The molecule has 1 fully saturated rings. The molecule has 0 aliphatic carbocycles. The monoisotopic (exact) mass is 333 g/mol. The molecule has 1 aromatic carbocycles. The smallest absolute Gasteiger partial charge is 0.305 e. The molecule has 1 unspecified atom stereocenters. The average molecular weight is 333 g/mol. The number of aryl methyl sites for hydroxylation is 1. The third-order valence-electron chi connectivity index (χ3n) is 4.11. The van der Waals surface area contributed by atoms with Crippen LogP contribution in [0.15, 0.2) is 24.3 Å². The zero-order valence-electron chi connectivity index (χ0n) is 12.9. The van der Waals surface area contributed by atoms with Gasteiger partial charge in [0.2, 0.25) is 5.91 Å². The van der Waals surface area contributed by atoms with Crippen LogP contribution >= 0.6 is 11.8 Å².